The van der Waals surface area contributed by atoms with E-state index in [-0.39, 0.29) is 6.54 Å². The molecular formula is C21H29N3O3S. The maximum Gasteiger partial charge on any atom is 0.241 e. The van der Waals surface area contributed by atoms with Crippen LogP contribution in [-0.2, 0) is 21.3 Å². The molecule has 6 nitrogen and oxygen atoms in total. The molecular weight excluding hydrogens is 374 g/mol. The summed E-state index contributed by atoms with van der Waals surface area (Å²) in [6, 6.07) is 3.86. The molecule has 0 saturated carbocycles. The molecule has 1 fully saturated rings. The predicted octanol–water partition coefficient (Wildman–Crippen LogP) is 2.94. The number of pyridine rings is 1. The fourth-order valence-electron chi connectivity index (χ4n) is 3.62. The van der Waals surface area contributed by atoms with E-state index in [1.54, 1.807) is 6.20 Å². The van der Waals surface area contributed by atoms with Crippen molar-refractivity contribution in [1.29, 1.82) is 0 Å². The van der Waals surface area contributed by atoms with Gasteiger partial charge < -0.3 is 9.64 Å². The summed E-state index contributed by atoms with van der Waals surface area (Å²) in [4.78, 5) is 7.05. The number of rotatable bonds is 5. The van der Waals surface area contributed by atoms with Crippen molar-refractivity contribution >= 4 is 15.8 Å². The summed E-state index contributed by atoms with van der Waals surface area (Å²) < 4.78 is 34.2. The van der Waals surface area contributed by atoms with Crippen LogP contribution in [0.5, 0.6) is 0 Å². The smallest absolute Gasteiger partial charge is 0.241 e. The molecule has 152 valence electrons. The Morgan fingerprint density at radius 3 is 2.07 bits per heavy atom. The lowest BCUT2D eigenvalue weighted by molar-refractivity contribution is 0.122. The van der Waals surface area contributed by atoms with Gasteiger partial charge in [-0.3, -0.25) is 0 Å². The number of aromatic nitrogens is 1. The van der Waals surface area contributed by atoms with Crippen LogP contribution in [0.4, 0.5) is 5.82 Å². The molecule has 0 atom stereocenters. The number of nitrogens with zero attached hydrogens (tertiary/aromatic N) is 2. The van der Waals surface area contributed by atoms with Crippen LogP contribution in [0.3, 0.4) is 0 Å². The van der Waals surface area contributed by atoms with Gasteiger partial charge in [0, 0.05) is 25.8 Å². The van der Waals surface area contributed by atoms with Gasteiger partial charge >= 0.3 is 0 Å². The van der Waals surface area contributed by atoms with E-state index in [2.05, 4.69) is 14.6 Å². The monoisotopic (exact) mass is 403 g/mol. The number of nitrogens with one attached hydrogen (secondary N) is 1. The SMILES string of the molecule is Cc1c(C)c(C)c(S(=O)(=O)NCc2ccc(N3CCOCC3)nc2)c(C)c1C. The third-order valence-corrected chi connectivity index (χ3v) is 7.48. The number of anilines is 1. The molecule has 1 aromatic carbocycles. The molecule has 1 saturated heterocycles. The zero-order valence-corrected chi connectivity index (χ0v) is 18.1. The highest BCUT2D eigenvalue weighted by Gasteiger charge is 2.23. The van der Waals surface area contributed by atoms with Crippen LogP contribution in [0.15, 0.2) is 23.2 Å². The third kappa shape index (κ3) is 4.06. The average Bonchev–Trinajstić information content (AvgIpc) is 2.70. The largest absolute Gasteiger partial charge is 0.378 e. The molecule has 1 N–H and O–H groups in total. The van der Waals surface area contributed by atoms with Crippen molar-refractivity contribution in [3.63, 3.8) is 0 Å². The molecule has 7 heteroatoms. The van der Waals surface area contributed by atoms with Crippen LogP contribution in [0.1, 0.15) is 33.4 Å². The summed E-state index contributed by atoms with van der Waals surface area (Å²) in [5.41, 5.74) is 5.66. The summed E-state index contributed by atoms with van der Waals surface area (Å²) in [6.07, 6.45) is 1.73. The zero-order chi connectivity index (χ0) is 20.5. The van der Waals surface area contributed by atoms with Gasteiger partial charge in [0.1, 0.15) is 5.82 Å². The Morgan fingerprint density at radius 2 is 1.54 bits per heavy atom. The Bertz CT molecular complexity index is 934. The van der Waals surface area contributed by atoms with Gasteiger partial charge in [0.2, 0.25) is 10.0 Å². The van der Waals surface area contributed by atoms with Crippen LogP contribution < -0.4 is 9.62 Å². The zero-order valence-electron chi connectivity index (χ0n) is 17.3. The Hall–Kier alpha value is -1.96. The van der Waals surface area contributed by atoms with E-state index in [0.29, 0.717) is 18.1 Å². The molecule has 2 heterocycles. The first-order valence-corrected chi connectivity index (χ1v) is 11.0. The second kappa shape index (κ2) is 8.19. The minimum atomic E-state index is -3.62. The lowest BCUT2D eigenvalue weighted by atomic mass is 9.95. The van der Waals surface area contributed by atoms with Gasteiger partial charge in [-0.2, -0.15) is 0 Å². The van der Waals surface area contributed by atoms with Crippen LogP contribution >= 0.6 is 0 Å². The average molecular weight is 404 g/mol. The van der Waals surface area contributed by atoms with Gasteiger partial charge in [-0.25, -0.2) is 18.1 Å². The van der Waals surface area contributed by atoms with Crippen LogP contribution in [0.25, 0.3) is 0 Å². The lowest BCUT2D eigenvalue weighted by Gasteiger charge is -2.27. The van der Waals surface area contributed by atoms with E-state index >= 15 is 0 Å². The highest BCUT2D eigenvalue weighted by atomic mass is 32.2. The highest BCUT2D eigenvalue weighted by Crippen LogP contribution is 2.29. The number of hydrogen-bond donors (Lipinski definition) is 1. The number of morpholine rings is 1. The first-order valence-electron chi connectivity index (χ1n) is 9.56. The molecule has 28 heavy (non-hydrogen) atoms. The Kier molecular flexibility index (Phi) is 6.07. The Labute approximate surface area is 168 Å². The normalized spacial score (nSPS) is 15.1. The molecule has 0 bridgehead atoms. The highest BCUT2D eigenvalue weighted by molar-refractivity contribution is 7.89. The van der Waals surface area contributed by atoms with Gasteiger partial charge in [-0.1, -0.05) is 6.07 Å². The van der Waals surface area contributed by atoms with Crippen molar-refractivity contribution in [2.75, 3.05) is 31.2 Å². The van der Waals surface area contributed by atoms with Crippen LogP contribution in [-0.4, -0.2) is 39.7 Å². The van der Waals surface area contributed by atoms with Gasteiger partial charge in [-0.05, 0) is 74.1 Å². The van der Waals surface area contributed by atoms with Gasteiger partial charge in [0.05, 0.1) is 18.1 Å². The molecule has 1 aromatic heterocycles. The molecule has 0 aliphatic carbocycles. The van der Waals surface area contributed by atoms with E-state index in [4.69, 9.17) is 4.74 Å². The number of sulfonamides is 1. The number of benzene rings is 1. The predicted molar refractivity (Wildman–Crippen MR) is 111 cm³/mol. The summed E-state index contributed by atoms with van der Waals surface area (Å²) >= 11 is 0. The third-order valence-electron chi connectivity index (χ3n) is 5.81. The summed E-state index contributed by atoms with van der Waals surface area (Å²) in [5, 5.41) is 0. The van der Waals surface area contributed by atoms with Crippen molar-refractivity contribution in [2.24, 2.45) is 0 Å². The number of hydrogen-bond acceptors (Lipinski definition) is 5. The standard InChI is InChI=1S/C21H29N3O3S/c1-14-15(2)17(4)21(18(5)16(14)3)28(25,26)23-13-19-6-7-20(22-12-19)24-8-10-27-11-9-24/h6-7,12,23H,8-11,13H2,1-5H3. The maximum absolute atomic E-state index is 13.0. The second-order valence-electron chi connectivity index (χ2n) is 7.40. The second-order valence-corrected chi connectivity index (χ2v) is 9.11. The van der Waals surface area contributed by atoms with Crippen molar-refractivity contribution in [3.8, 4) is 0 Å². The first kappa shape index (κ1) is 20.8. The van der Waals surface area contributed by atoms with Crippen LogP contribution in [0.2, 0.25) is 0 Å². The summed E-state index contributed by atoms with van der Waals surface area (Å²) in [7, 11) is -3.62. The van der Waals surface area contributed by atoms with E-state index in [9.17, 15) is 8.42 Å². The first-order chi connectivity index (χ1) is 13.2. The minimum absolute atomic E-state index is 0.212. The van der Waals surface area contributed by atoms with Crippen molar-refractivity contribution in [3.05, 3.63) is 51.7 Å². The molecule has 3 rings (SSSR count). The summed E-state index contributed by atoms with van der Waals surface area (Å²) in [6.45, 7) is 13.0. The molecule has 2 aromatic rings. The minimum Gasteiger partial charge on any atom is -0.378 e. The fraction of sp³-hybridized carbons (Fsp3) is 0.476. The molecule has 1 aliphatic rings. The molecule has 0 radical (unpaired) electrons. The Morgan fingerprint density at radius 1 is 0.964 bits per heavy atom. The van der Waals surface area contributed by atoms with E-state index < -0.39 is 10.0 Å². The maximum atomic E-state index is 13.0. The van der Waals surface area contributed by atoms with Crippen molar-refractivity contribution in [2.45, 2.75) is 46.1 Å². The van der Waals surface area contributed by atoms with Crippen molar-refractivity contribution < 1.29 is 13.2 Å². The van der Waals surface area contributed by atoms with E-state index in [1.807, 2.05) is 46.8 Å². The van der Waals surface area contributed by atoms with E-state index in [0.717, 1.165) is 52.3 Å². The molecule has 0 spiro atoms. The van der Waals surface area contributed by atoms with Gasteiger partial charge in [0.25, 0.3) is 0 Å². The topological polar surface area (TPSA) is 71.5 Å². The quantitative estimate of drug-likeness (QED) is 0.831. The molecule has 1 aliphatic heterocycles. The van der Waals surface area contributed by atoms with E-state index in [1.165, 1.54) is 0 Å². The fourth-order valence-corrected chi connectivity index (χ4v) is 5.23. The summed E-state index contributed by atoms with van der Waals surface area (Å²) in [5.74, 6) is 0.895. The number of ether oxygens (including phenoxy) is 1. The lowest BCUT2D eigenvalue weighted by Crippen LogP contribution is -2.36. The van der Waals surface area contributed by atoms with Gasteiger partial charge in [-0.15, -0.1) is 0 Å². The molecule has 0 unspecified atom stereocenters. The molecule has 0 amide bonds. The Balaban J connectivity index is 1.77. The van der Waals surface area contributed by atoms with Crippen LogP contribution in [0, 0.1) is 34.6 Å². The van der Waals surface area contributed by atoms with Gasteiger partial charge in [0.15, 0.2) is 0 Å². The van der Waals surface area contributed by atoms with Crippen molar-refractivity contribution in [1.82, 2.24) is 9.71 Å².